The normalized spacial score (nSPS) is 24.4. The van der Waals surface area contributed by atoms with Gasteiger partial charge in [0.1, 0.15) is 9.84 Å². The summed E-state index contributed by atoms with van der Waals surface area (Å²) in [6, 6.07) is 0.386. The molecule has 0 aromatic heterocycles. The van der Waals surface area contributed by atoms with Gasteiger partial charge in [-0.15, -0.1) is 0 Å². The lowest BCUT2D eigenvalue weighted by atomic mass is 9.95. The maximum Gasteiger partial charge on any atom is 0.221 e. The highest BCUT2D eigenvalue weighted by atomic mass is 32.2. The molecule has 2 atom stereocenters. The van der Waals surface area contributed by atoms with Crippen LogP contribution in [0.25, 0.3) is 0 Å². The molecular weight excluding hydrogens is 264 g/mol. The Morgan fingerprint density at radius 3 is 2.58 bits per heavy atom. The molecule has 0 radical (unpaired) electrons. The molecule has 2 unspecified atom stereocenters. The van der Waals surface area contributed by atoms with Crippen molar-refractivity contribution in [3.05, 3.63) is 0 Å². The first-order valence-corrected chi connectivity index (χ1v) is 8.96. The van der Waals surface area contributed by atoms with Crippen LogP contribution in [0.2, 0.25) is 0 Å². The number of hydrogen-bond acceptors (Lipinski definition) is 4. The van der Waals surface area contributed by atoms with Gasteiger partial charge in [-0.2, -0.15) is 0 Å². The summed E-state index contributed by atoms with van der Waals surface area (Å²) >= 11 is 0. The fourth-order valence-electron chi connectivity index (χ4n) is 2.50. The number of carbonyl (C=O) groups is 1. The molecule has 0 aliphatic heterocycles. The first-order valence-electron chi connectivity index (χ1n) is 7.00. The molecule has 1 aliphatic carbocycles. The van der Waals surface area contributed by atoms with Crippen molar-refractivity contribution in [3.8, 4) is 0 Å². The fraction of sp³-hybridized carbons (Fsp3) is 0.923. The zero-order valence-corrected chi connectivity index (χ0v) is 12.9. The van der Waals surface area contributed by atoms with Crippen molar-refractivity contribution in [3.63, 3.8) is 0 Å². The lowest BCUT2D eigenvalue weighted by Crippen LogP contribution is -2.40. The second-order valence-corrected chi connectivity index (χ2v) is 8.07. The molecule has 0 spiro atoms. The quantitative estimate of drug-likeness (QED) is 0.760. The van der Waals surface area contributed by atoms with E-state index in [2.05, 4.69) is 10.6 Å². The van der Waals surface area contributed by atoms with E-state index < -0.39 is 9.84 Å². The summed E-state index contributed by atoms with van der Waals surface area (Å²) in [7, 11) is -2.94. The van der Waals surface area contributed by atoms with Gasteiger partial charge in [-0.1, -0.05) is 6.42 Å². The molecule has 1 aliphatic rings. The molecule has 112 valence electrons. The summed E-state index contributed by atoms with van der Waals surface area (Å²) < 4.78 is 23.1. The molecule has 0 aromatic rings. The van der Waals surface area contributed by atoms with E-state index in [1.807, 2.05) is 13.8 Å². The molecule has 2 N–H and O–H groups in total. The molecule has 19 heavy (non-hydrogen) atoms. The van der Waals surface area contributed by atoms with Crippen LogP contribution in [0.1, 0.15) is 46.0 Å². The van der Waals surface area contributed by atoms with Gasteiger partial charge >= 0.3 is 0 Å². The average molecular weight is 290 g/mol. The Balaban J connectivity index is 2.28. The van der Waals surface area contributed by atoms with Crippen LogP contribution in [0.4, 0.5) is 0 Å². The predicted molar refractivity (Wildman–Crippen MR) is 76.8 cm³/mol. The van der Waals surface area contributed by atoms with Crippen LogP contribution in [0.5, 0.6) is 0 Å². The van der Waals surface area contributed by atoms with Crippen molar-refractivity contribution in [2.45, 2.75) is 63.3 Å². The standard InChI is InChI=1S/C13H26N2O3S/c1-10(2)15-13(16)7-8-14-11-5-4-6-12(9-11)19(3,17)18/h10-12,14H,4-9H2,1-3H3,(H,15,16). The van der Waals surface area contributed by atoms with Crippen LogP contribution < -0.4 is 10.6 Å². The number of nitrogens with one attached hydrogen (secondary N) is 2. The SMILES string of the molecule is CC(C)NC(=O)CCNC1CCCC(S(C)(=O)=O)C1. The Morgan fingerprint density at radius 2 is 2.00 bits per heavy atom. The van der Waals surface area contributed by atoms with Crippen LogP contribution >= 0.6 is 0 Å². The van der Waals surface area contributed by atoms with Gasteiger partial charge in [-0.25, -0.2) is 8.42 Å². The molecule has 0 saturated heterocycles. The van der Waals surface area contributed by atoms with E-state index in [1.54, 1.807) is 0 Å². The maximum atomic E-state index is 11.5. The van der Waals surface area contributed by atoms with Gasteiger partial charge in [0.25, 0.3) is 0 Å². The Labute approximate surface area is 116 Å². The first kappa shape index (κ1) is 16.4. The van der Waals surface area contributed by atoms with Crippen molar-refractivity contribution in [2.75, 3.05) is 12.8 Å². The van der Waals surface area contributed by atoms with Gasteiger partial charge in [0, 0.05) is 31.3 Å². The highest BCUT2D eigenvalue weighted by Crippen LogP contribution is 2.23. The Bertz CT molecular complexity index is 393. The molecule has 1 amide bonds. The zero-order chi connectivity index (χ0) is 14.5. The van der Waals surface area contributed by atoms with Gasteiger partial charge in [0.2, 0.25) is 5.91 Å². The average Bonchev–Trinajstić information content (AvgIpc) is 2.27. The fourth-order valence-corrected chi connectivity index (χ4v) is 3.68. The maximum absolute atomic E-state index is 11.5. The van der Waals surface area contributed by atoms with E-state index in [-0.39, 0.29) is 23.2 Å². The van der Waals surface area contributed by atoms with Crippen LogP contribution in [0.15, 0.2) is 0 Å². The third kappa shape index (κ3) is 6.38. The molecule has 1 rings (SSSR count). The first-order chi connectivity index (χ1) is 8.79. The summed E-state index contributed by atoms with van der Waals surface area (Å²) in [6.07, 6.45) is 5.13. The summed E-state index contributed by atoms with van der Waals surface area (Å²) in [5.41, 5.74) is 0. The van der Waals surface area contributed by atoms with Crippen molar-refractivity contribution < 1.29 is 13.2 Å². The van der Waals surface area contributed by atoms with Gasteiger partial charge in [0.15, 0.2) is 0 Å². The minimum absolute atomic E-state index is 0.0398. The van der Waals surface area contributed by atoms with Crippen molar-refractivity contribution in [1.29, 1.82) is 0 Å². The third-order valence-electron chi connectivity index (χ3n) is 3.47. The minimum atomic E-state index is -2.94. The van der Waals surface area contributed by atoms with E-state index in [0.29, 0.717) is 19.4 Å². The van der Waals surface area contributed by atoms with E-state index in [1.165, 1.54) is 6.26 Å². The molecule has 6 heteroatoms. The predicted octanol–water partition coefficient (Wildman–Crippen LogP) is 0.847. The number of hydrogen-bond donors (Lipinski definition) is 2. The minimum Gasteiger partial charge on any atom is -0.354 e. The summed E-state index contributed by atoms with van der Waals surface area (Å²) in [5, 5.41) is 5.92. The molecule has 1 fully saturated rings. The molecular formula is C13H26N2O3S. The van der Waals surface area contributed by atoms with Gasteiger partial charge < -0.3 is 10.6 Å². The van der Waals surface area contributed by atoms with Gasteiger partial charge in [-0.3, -0.25) is 4.79 Å². The van der Waals surface area contributed by atoms with Crippen molar-refractivity contribution in [1.82, 2.24) is 10.6 Å². The molecule has 0 bridgehead atoms. The molecule has 0 heterocycles. The van der Waals surface area contributed by atoms with E-state index in [4.69, 9.17) is 0 Å². The van der Waals surface area contributed by atoms with Gasteiger partial charge in [-0.05, 0) is 33.1 Å². The largest absolute Gasteiger partial charge is 0.354 e. The molecule has 5 nitrogen and oxygen atoms in total. The van der Waals surface area contributed by atoms with Crippen LogP contribution in [0.3, 0.4) is 0 Å². The lowest BCUT2D eigenvalue weighted by Gasteiger charge is -2.28. The number of carbonyl (C=O) groups excluding carboxylic acids is 1. The monoisotopic (exact) mass is 290 g/mol. The Kier molecular flexibility index (Phi) is 6.26. The lowest BCUT2D eigenvalue weighted by molar-refractivity contribution is -0.121. The zero-order valence-electron chi connectivity index (χ0n) is 12.1. The van der Waals surface area contributed by atoms with Crippen LogP contribution in [0, 0.1) is 0 Å². The summed E-state index contributed by atoms with van der Waals surface area (Å²) in [4.78, 5) is 11.5. The van der Waals surface area contributed by atoms with Gasteiger partial charge in [0.05, 0.1) is 5.25 Å². The third-order valence-corrected chi connectivity index (χ3v) is 5.11. The topological polar surface area (TPSA) is 75.3 Å². The van der Waals surface area contributed by atoms with Crippen molar-refractivity contribution >= 4 is 15.7 Å². The second kappa shape index (κ2) is 7.24. The van der Waals surface area contributed by atoms with E-state index in [9.17, 15) is 13.2 Å². The van der Waals surface area contributed by atoms with E-state index >= 15 is 0 Å². The molecule has 0 aromatic carbocycles. The van der Waals surface area contributed by atoms with Crippen LogP contribution in [-0.4, -0.2) is 44.5 Å². The number of sulfone groups is 1. The Morgan fingerprint density at radius 1 is 1.32 bits per heavy atom. The second-order valence-electron chi connectivity index (χ2n) is 5.74. The van der Waals surface area contributed by atoms with Crippen LogP contribution in [-0.2, 0) is 14.6 Å². The highest BCUT2D eigenvalue weighted by Gasteiger charge is 2.28. The molecule has 1 saturated carbocycles. The summed E-state index contributed by atoms with van der Waals surface area (Å²) in [5.74, 6) is 0.0398. The highest BCUT2D eigenvalue weighted by molar-refractivity contribution is 7.91. The smallest absolute Gasteiger partial charge is 0.221 e. The number of rotatable bonds is 6. The number of amides is 1. The van der Waals surface area contributed by atoms with Crippen molar-refractivity contribution in [2.24, 2.45) is 0 Å². The summed E-state index contributed by atoms with van der Waals surface area (Å²) in [6.45, 7) is 4.48. The Hall–Kier alpha value is -0.620. The van der Waals surface area contributed by atoms with E-state index in [0.717, 1.165) is 19.3 Å².